The van der Waals surface area contributed by atoms with E-state index in [1.807, 2.05) is 11.8 Å². The smallest absolute Gasteiger partial charge is 0.137 e. The monoisotopic (exact) mass is 280 g/mol. The summed E-state index contributed by atoms with van der Waals surface area (Å²) in [5.41, 5.74) is 1.17. The predicted molar refractivity (Wildman–Crippen MR) is 84.3 cm³/mol. The fourth-order valence-corrected chi connectivity index (χ4v) is 3.49. The van der Waals surface area contributed by atoms with Crippen molar-refractivity contribution in [2.45, 2.75) is 38.9 Å². The van der Waals surface area contributed by atoms with Gasteiger partial charge in [-0.3, -0.25) is 0 Å². The second kappa shape index (κ2) is 5.99. The van der Waals surface area contributed by atoms with E-state index in [1.165, 1.54) is 5.56 Å². The number of aromatic nitrogens is 2. The maximum Gasteiger partial charge on any atom is 0.137 e. The lowest BCUT2D eigenvalue weighted by Crippen LogP contribution is -2.43. The average molecular weight is 280 g/mol. The van der Waals surface area contributed by atoms with Crippen molar-refractivity contribution in [3.05, 3.63) is 11.9 Å². The highest BCUT2D eigenvalue weighted by molar-refractivity contribution is 8.00. The lowest BCUT2D eigenvalue weighted by Gasteiger charge is -2.38. The molecular weight excluding hydrogens is 256 g/mol. The first kappa shape index (κ1) is 14.4. The van der Waals surface area contributed by atoms with Crippen molar-refractivity contribution < 1.29 is 0 Å². The fraction of sp³-hybridized carbons (Fsp3) is 0.714. The molecule has 1 aromatic rings. The van der Waals surface area contributed by atoms with Gasteiger partial charge in [-0.25, -0.2) is 9.97 Å². The molecule has 1 aromatic heterocycles. The molecule has 0 aromatic carbocycles. The third kappa shape index (κ3) is 3.53. The SMILES string of the molecule is CCCNc1ncnc(N2CCSC(C)(C)C2)c1C. The van der Waals surface area contributed by atoms with Crippen LogP contribution in [0.25, 0.3) is 0 Å². The van der Waals surface area contributed by atoms with Crippen LogP contribution in [0.1, 0.15) is 32.8 Å². The van der Waals surface area contributed by atoms with Crippen molar-refractivity contribution in [1.29, 1.82) is 0 Å². The van der Waals surface area contributed by atoms with Gasteiger partial charge in [0.05, 0.1) is 0 Å². The Morgan fingerprint density at radius 1 is 1.42 bits per heavy atom. The van der Waals surface area contributed by atoms with Crippen LogP contribution in [-0.4, -0.2) is 40.1 Å². The molecule has 1 fully saturated rings. The van der Waals surface area contributed by atoms with Crippen LogP contribution in [-0.2, 0) is 0 Å². The third-order valence-corrected chi connectivity index (χ3v) is 4.62. The summed E-state index contributed by atoms with van der Waals surface area (Å²) in [4.78, 5) is 11.2. The van der Waals surface area contributed by atoms with E-state index in [9.17, 15) is 0 Å². The lowest BCUT2D eigenvalue weighted by molar-refractivity contribution is 0.640. The molecule has 1 aliphatic rings. The molecule has 19 heavy (non-hydrogen) atoms. The number of anilines is 2. The summed E-state index contributed by atoms with van der Waals surface area (Å²) in [6, 6.07) is 0. The van der Waals surface area contributed by atoms with Gasteiger partial charge in [-0.05, 0) is 27.2 Å². The summed E-state index contributed by atoms with van der Waals surface area (Å²) < 4.78 is 0.298. The van der Waals surface area contributed by atoms with Gasteiger partial charge < -0.3 is 10.2 Å². The standard InChI is InChI=1S/C14H24N4S/c1-5-6-15-12-11(2)13(17-10-16-12)18-7-8-19-14(3,4)9-18/h10H,5-9H2,1-4H3,(H,15,16,17). The Kier molecular flexibility index (Phi) is 4.55. The molecule has 0 bridgehead atoms. The van der Waals surface area contributed by atoms with Gasteiger partial charge in [0.25, 0.3) is 0 Å². The van der Waals surface area contributed by atoms with E-state index in [-0.39, 0.29) is 0 Å². The quantitative estimate of drug-likeness (QED) is 0.918. The van der Waals surface area contributed by atoms with Crippen LogP contribution in [0.5, 0.6) is 0 Å². The van der Waals surface area contributed by atoms with E-state index in [0.29, 0.717) is 4.75 Å². The van der Waals surface area contributed by atoms with Crippen LogP contribution < -0.4 is 10.2 Å². The number of rotatable bonds is 4. The zero-order valence-electron chi connectivity index (χ0n) is 12.4. The molecule has 0 saturated carbocycles. The number of nitrogens with one attached hydrogen (secondary N) is 1. The zero-order valence-corrected chi connectivity index (χ0v) is 13.2. The molecule has 1 N–H and O–H groups in total. The largest absolute Gasteiger partial charge is 0.370 e. The van der Waals surface area contributed by atoms with Gasteiger partial charge in [0.2, 0.25) is 0 Å². The van der Waals surface area contributed by atoms with E-state index in [0.717, 1.165) is 43.4 Å². The number of hydrogen-bond donors (Lipinski definition) is 1. The minimum atomic E-state index is 0.298. The van der Waals surface area contributed by atoms with Gasteiger partial charge >= 0.3 is 0 Å². The average Bonchev–Trinajstić information content (AvgIpc) is 2.36. The second-order valence-electron chi connectivity index (χ2n) is 5.63. The highest BCUT2D eigenvalue weighted by atomic mass is 32.2. The summed E-state index contributed by atoms with van der Waals surface area (Å²) >= 11 is 2.04. The Balaban J connectivity index is 2.19. The fourth-order valence-electron chi connectivity index (χ4n) is 2.38. The van der Waals surface area contributed by atoms with Crippen LogP contribution in [0.4, 0.5) is 11.6 Å². The van der Waals surface area contributed by atoms with Crippen molar-refractivity contribution in [2.24, 2.45) is 0 Å². The molecule has 0 aliphatic carbocycles. The van der Waals surface area contributed by atoms with E-state index < -0.39 is 0 Å². The summed E-state index contributed by atoms with van der Waals surface area (Å²) in [6.45, 7) is 11.9. The normalized spacial score (nSPS) is 18.4. The molecule has 0 atom stereocenters. The molecular formula is C14H24N4S. The molecule has 0 radical (unpaired) electrons. The van der Waals surface area contributed by atoms with Crippen LogP contribution in [0.3, 0.4) is 0 Å². The maximum absolute atomic E-state index is 4.50. The lowest BCUT2D eigenvalue weighted by atomic mass is 10.1. The maximum atomic E-state index is 4.50. The van der Waals surface area contributed by atoms with Crippen molar-refractivity contribution in [1.82, 2.24) is 9.97 Å². The molecule has 4 nitrogen and oxygen atoms in total. The van der Waals surface area contributed by atoms with Crippen LogP contribution in [0, 0.1) is 6.92 Å². The zero-order chi connectivity index (χ0) is 13.9. The molecule has 1 saturated heterocycles. The predicted octanol–water partition coefficient (Wildman–Crippen LogP) is 2.94. The van der Waals surface area contributed by atoms with Crippen molar-refractivity contribution >= 4 is 23.4 Å². The number of thioether (sulfide) groups is 1. The minimum Gasteiger partial charge on any atom is -0.370 e. The van der Waals surface area contributed by atoms with Crippen molar-refractivity contribution in [3.63, 3.8) is 0 Å². The van der Waals surface area contributed by atoms with Gasteiger partial charge in [0, 0.05) is 35.7 Å². The van der Waals surface area contributed by atoms with Crippen LogP contribution >= 0.6 is 11.8 Å². The molecule has 1 aliphatic heterocycles. The van der Waals surface area contributed by atoms with Crippen LogP contribution in [0.2, 0.25) is 0 Å². The molecule has 2 heterocycles. The Bertz CT molecular complexity index is 433. The number of hydrogen-bond acceptors (Lipinski definition) is 5. The van der Waals surface area contributed by atoms with Crippen molar-refractivity contribution in [2.75, 3.05) is 35.6 Å². The molecule has 2 rings (SSSR count). The first-order chi connectivity index (χ1) is 9.03. The summed E-state index contributed by atoms with van der Waals surface area (Å²) in [5, 5.41) is 3.38. The van der Waals surface area contributed by atoms with Gasteiger partial charge in [-0.1, -0.05) is 6.92 Å². The summed E-state index contributed by atoms with van der Waals surface area (Å²) in [7, 11) is 0. The Morgan fingerprint density at radius 2 is 2.21 bits per heavy atom. The van der Waals surface area contributed by atoms with E-state index in [1.54, 1.807) is 6.33 Å². The van der Waals surface area contributed by atoms with E-state index in [4.69, 9.17) is 0 Å². The van der Waals surface area contributed by atoms with Crippen molar-refractivity contribution in [3.8, 4) is 0 Å². The Morgan fingerprint density at radius 3 is 2.89 bits per heavy atom. The Labute approximate surface area is 120 Å². The van der Waals surface area contributed by atoms with Crippen LogP contribution in [0.15, 0.2) is 6.33 Å². The van der Waals surface area contributed by atoms with Gasteiger partial charge in [-0.15, -0.1) is 0 Å². The minimum absolute atomic E-state index is 0.298. The topological polar surface area (TPSA) is 41.1 Å². The molecule has 0 unspecified atom stereocenters. The van der Waals surface area contributed by atoms with Gasteiger partial charge in [0.15, 0.2) is 0 Å². The first-order valence-electron chi connectivity index (χ1n) is 6.98. The van der Waals surface area contributed by atoms with Gasteiger partial charge in [0.1, 0.15) is 18.0 Å². The van der Waals surface area contributed by atoms with Gasteiger partial charge in [-0.2, -0.15) is 11.8 Å². The van der Waals surface area contributed by atoms with E-state index in [2.05, 4.69) is 47.9 Å². The first-order valence-corrected chi connectivity index (χ1v) is 7.96. The Hall–Kier alpha value is -0.970. The third-order valence-electron chi connectivity index (χ3n) is 3.33. The molecule has 106 valence electrons. The molecule has 0 spiro atoms. The second-order valence-corrected chi connectivity index (χ2v) is 7.43. The highest BCUT2D eigenvalue weighted by Gasteiger charge is 2.28. The summed E-state index contributed by atoms with van der Waals surface area (Å²) in [5.74, 6) is 3.22. The molecule has 0 amide bonds. The highest BCUT2D eigenvalue weighted by Crippen LogP contribution is 2.33. The number of nitrogens with zero attached hydrogens (tertiary/aromatic N) is 3. The molecule has 5 heteroatoms. The summed E-state index contributed by atoms with van der Waals surface area (Å²) in [6.07, 6.45) is 2.78. The van der Waals surface area contributed by atoms with E-state index >= 15 is 0 Å².